The summed E-state index contributed by atoms with van der Waals surface area (Å²) in [6, 6.07) is 5.71. The van der Waals surface area contributed by atoms with Gasteiger partial charge < -0.3 is 20.1 Å². The number of carboxylic acid groups (broad SMARTS) is 1. The molecule has 13 nitrogen and oxygen atoms in total. The number of nitrogens with zero attached hydrogens (tertiary/aromatic N) is 3. The smallest absolute Gasteiger partial charge is 0.412 e. The molecule has 16 heteroatoms. The highest BCUT2D eigenvalue weighted by Gasteiger charge is 2.39. The second-order valence-electron chi connectivity index (χ2n) is 9.80. The number of aliphatic carboxylic acids is 1. The van der Waals surface area contributed by atoms with Crippen molar-refractivity contribution in [2.24, 2.45) is 0 Å². The predicted octanol–water partition coefficient (Wildman–Crippen LogP) is 2.06. The Balaban J connectivity index is 1.36. The van der Waals surface area contributed by atoms with Crippen molar-refractivity contribution in [3.63, 3.8) is 0 Å². The fourth-order valence-corrected chi connectivity index (χ4v) is 8.87. The number of methoxy groups -OCH3 is 1. The van der Waals surface area contributed by atoms with Crippen molar-refractivity contribution >= 4 is 66.6 Å². The SMILES string of the molecule is COC(=O)NC(=N)c1ccc2sc(S(=O)(=O)N3CCN(C(=O)c4nc5c(s4)CNC(C)C5)C(CC(=O)O)C3)cc2c1. The Kier molecular flexibility index (Phi) is 8.11. The maximum Gasteiger partial charge on any atom is 0.412 e. The summed E-state index contributed by atoms with van der Waals surface area (Å²) >= 11 is 2.33. The second-order valence-corrected chi connectivity index (χ2v) is 14.1. The van der Waals surface area contributed by atoms with Crippen molar-refractivity contribution in [2.45, 2.75) is 42.6 Å². The Morgan fingerprint density at radius 2 is 2.02 bits per heavy atom. The molecule has 3 aromatic rings. The Hall–Kier alpha value is -3.44. The molecule has 1 saturated heterocycles. The highest BCUT2D eigenvalue weighted by Crippen LogP contribution is 2.33. The van der Waals surface area contributed by atoms with Crippen molar-refractivity contribution in [1.29, 1.82) is 5.41 Å². The lowest BCUT2D eigenvalue weighted by molar-refractivity contribution is -0.138. The minimum Gasteiger partial charge on any atom is -0.481 e. The largest absolute Gasteiger partial charge is 0.481 e. The Morgan fingerprint density at radius 1 is 1.24 bits per heavy atom. The van der Waals surface area contributed by atoms with Crippen LogP contribution in [0.2, 0.25) is 0 Å². The maximum absolute atomic E-state index is 13.7. The second kappa shape index (κ2) is 11.4. The Labute approximate surface area is 243 Å². The lowest BCUT2D eigenvalue weighted by Crippen LogP contribution is -2.57. The predicted molar refractivity (Wildman–Crippen MR) is 152 cm³/mol. The minimum absolute atomic E-state index is 0.00105. The van der Waals surface area contributed by atoms with E-state index in [4.69, 9.17) is 5.41 Å². The van der Waals surface area contributed by atoms with Gasteiger partial charge in [-0.3, -0.25) is 20.3 Å². The number of carboxylic acids is 1. The van der Waals surface area contributed by atoms with Crippen LogP contribution in [-0.4, -0.2) is 90.3 Å². The van der Waals surface area contributed by atoms with E-state index in [1.807, 2.05) is 6.92 Å². The number of rotatable bonds is 6. The van der Waals surface area contributed by atoms with Crippen LogP contribution in [0, 0.1) is 5.41 Å². The van der Waals surface area contributed by atoms with Gasteiger partial charge in [0.2, 0.25) is 0 Å². The molecule has 0 saturated carbocycles. The maximum atomic E-state index is 13.7. The number of hydrogen-bond donors (Lipinski definition) is 4. The van der Waals surface area contributed by atoms with Crippen molar-refractivity contribution in [2.75, 3.05) is 26.7 Å². The number of piperazine rings is 1. The van der Waals surface area contributed by atoms with Crippen LogP contribution in [0.5, 0.6) is 0 Å². The third kappa shape index (κ3) is 5.97. The molecule has 5 rings (SSSR count). The van der Waals surface area contributed by atoms with Gasteiger partial charge in [-0.1, -0.05) is 0 Å². The van der Waals surface area contributed by atoms with E-state index >= 15 is 0 Å². The molecule has 0 radical (unpaired) electrons. The summed E-state index contributed by atoms with van der Waals surface area (Å²) in [4.78, 5) is 43.5. The Bertz CT molecular complexity index is 1650. The van der Waals surface area contributed by atoms with E-state index in [9.17, 15) is 27.9 Å². The number of sulfonamides is 1. The van der Waals surface area contributed by atoms with Gasteiger partial charge in [-0.25, -0.2) is 18.2 Å². The zero-order valence-corrected chi connectivity index (χ0v) is 24.6. The molecule has 1 aromatic carbocycles. The third-order valence-corrected chi connectivity index (χ3v) is 11.5. The fourth-order valence-electron chi connectivity index (χ4n) is 4.87. The summed E-state index contributed by atoms with van der Waals surface area (Å²) in [7, 11) is -2.83. The number of benzene rings is 1. The van der Waals surface area contributed by atoms with E-state index in [-0.39, 0.29) is 40.7 Å². The molecule has 2 atom stereocenters. The normalized spacial score (nSPS) is 19.5. The molecule has 0 spiro atoms. The lowest BCUT2D eigenvalue weighted by atomic mass is 10.1. The highest BCUT2D eigenvalue weighted by molar-refractivity contribution is 7.91. The van der Waals surface area contributed by atoms with Gasteiger partial charge in [0.1, 0.15) is 10.0 Å². The number of aromatic nitrogens is 1. The first kappa shape index (κ1) is 29.1. The van der Waals surface area contributed by atoms with Gasteiger partial charge in [0.15, 0.2) is 5.01 Å². The molecular formula is C25H28N6O7S3. The van der Waals surface area contributed by atoms with E-state index < -0.39 is 40.5 Å². The summed E-state index contributed by atoms with van der Waals surface area (Å²) in [5.74, 6) is -1.72. The first-order chi connectivity index (χ1) is 19.5. The van der Waals surface area contributed by atoms with Crippen molar-refractivity contribution in [1.82, 2.24) is 24.8 Å². The number of nitrogens with one attached hydrogen (secondary N) is 3. The monoisotopic (exact) mass is 620 g/mol. The number of alkyl carbamates (subject to hydrolysis) is 1. The quantitative estimate of drug-likeness (QED) is 0.237. The lowest BCUT2D eigenvalue weighted by Gasteiger charge is -2.39. The molecule has 1 fully saturated rings. The molecule has 2 aliphatic rings. The average Bonchev–Trinajstić information content (AvgIpc) is 3.56. The van der Waals surface area contributed by atoms with Crippen LogP contribution in [0.15, 0.2) is 28.5 Å². The number of thiophene rings is 1. The van der Waals surface area contributed by atoms with Gasteiger partial charge >= 0.3 is 12.1 Å². The van der Waals surface area contributed by atoms with Gasteiger partial charge in [0, 0.05) is 53.8 Å². The van der Waals surface area contributed by atoms with E-state index in [0.717, 1.165) is 21.9 Å². The molecule has 4 N–H and O–H groups in total. The fraction of sp³-hybridized carbons (Fsp3) is 0.400. The van der Waals surface area contributed by atoms with Crippen LogP contribution < -0.4 is 10.6 Å². The molecule has 0 bridgehead atoms. The average molecular weight is 621 g/mol. The van der Waals surface area contributed by atoms with Crippen LogP contribution >= 0.6 is 22.7 Å². The molecule has 218 valence electrons. The van der Waals surface area contributed by atoms with Crippen LogP contribution in [0.25, 0.3) is 10.1 Å². The number of ether oxygens (including phenoxy) is 1. The van der Waals surface area contributed by atoms with Gasteiger partial charge in [-0.15, -0.1) is 22.7 Å². The number of amides is 2. The van der Waals surface area contributed by atoms with Crippen molar-refractivity contribution < 1.29 is 32.6 Å². The van der Waals surface area contributed by atoms with E-state index in [1.165, 1.54) is 33.7 Å². The third-order valence-electron chi connectivity index (χ3n) is 6.98. The van der Waals surface area contributed by atoms with Gasteiger partial charge in [-0.2, -0.15) is 4.31 Å². The zero-order valence-electron chi connectivity index (χ0n) is 22.2. The molecule has 41 heavy (non-hydrogen) atoms. The summed E-state index contributed by atoms with van der Waals surface area (Å²) in [6.07, 6.45) is -0.506. The van der Waals surface area contributed by atoms with Crippen LogP contribution in [-0.2, 0) is 32.5 Å². The summed E-state index contributed by atoms with van der Waals surface area (Å²) in [5.41, 5.74) is 1.23. The van der Waals surface area contributed by atoms with Gasteiger partial charge in [-0.05, 0) is 36.6 Å². The first-order valence-corrected chi connectivity index (χ1v) is 15.8. The molecule has 2 aliphatic heterocycles. The summed E-state index contributed by atoms with van der Waals surface area (Å²) in [6.45, 7) is 2.51. The molecule has 0 aliphatic carbocycles. The van der Waals surface area contributed by atoms with Crippen LogP contribution in [0.1, 0.15) is 39.3 Å². The number of fused-ring (bicyclic) bond motifs is 2. The minimum atomic E-state index is -4.01. The standard InChI is InChI=1S/C25H28N6O7S3/c1-13-7-17-19(11-27-13)40-23(28-17)24(34)31-6-5-30(12-16(31)10-20(32)33)41(36,37)21-9-15-8-14(3-4-18(15)39-21)22(26)29-25(35)38-2/h3-4,8-9,13,16,27H,5-7,10-12H2,1-2H3,(H,32,33)(H2,26,29,35). The van der Waals surface area contributed by atoms with Gasteiger partial charge in [0.25, 0.3) is 15.9 Å². The number of carbonyl (C=O) groups is 3. The molecular weight excluding hydrogens is 593 g/mol. The van der Waals surface area contributed by atoms with E-state index in [2.05, 4.69) is 20.4 Å². The summed E-state index contributed by atoms with van der Waals surface area (Å²) < 4.78 is 33.7. The number of thiazole rings is 1. The summed E-state index contributed by atoms with van der Waals surface area (Å²) in [5, 5.41) is 24.1. The molecule has 2 unspecified atom stereocenters. The molecule has 2 amide bonds. The zero-order chi connectivity index (χ0) is 29.5. The van der Waals surface area contributed by atoms with Crippen molar-refractivity contribution in [3.05, 3.63) is 45.4 Å². The topological polar surface area (TPSA) is 182 Å². The van der Waals surface area contributed by atoms with E-state index in [0.29, 0.717) is 28.6 Å². The molecule has 4 heterocycles. The van der Waals surface area contributed by atoms with Crippen LogP contribution in [0.4, 0.5) is 4.79 Å². The number of hydrogen-bond acceptors (Lipinski definition) is 11. The Morgan fingerprint density at radius 3 is 2.76 bits per heavy atom. The van der Waals surface area contributed by atoms with Gasteiger partial charge in [0.05, 0.1) is 25.3 Å². The molecule has 2 aromatic heterocycles. The van der Waals surface area contributed by atoms with Crippen LogP contribution in [0.3, 0.4) is 0 Å². The first-order valence-electron chi connectivity index (χ1n) is 12.7. The number of carbonyl (C=O) groups excluding carboxylic acids is 2. The number of amidine groups is 1. The van der Waals surface area contributed by atoms with Crippen molar-refractivity contribution in [3.8, 4) is 0 Å². The van der Waals surface area contributed by atoms with E-state index in [1.54, 1.807) is 18.2 Å². The highest BCUT2D eigenvalue weighted by atomic mass is 32.2.